The van der Waals surface area contributed by atoms with Gasteiger partial charge in [0.2, 0.25) is 11.8 Å². The van der Waals surface area contributed by atoms with Crippen LogP contribution in [0.25, 0.3) is 27.5 Å². The van der Waals surface area contributed by atoms with Crippen LogP contribution in [-0.2, 0) is 28.9 Å². The Bertz CT molecular complexity index is 1560. The number of nitrogens with zero attached hydrogens (tertiary/aromatic N) is 6. The molecule has 3 aromatic heterocycles. The molecule has 1 aliphatic heterocycles. The number of hydrogen-bond acceptors (Lipinski definition) is 7. The highest BCUT2D eigenvalue weighted by Gasteiger charge is 2.31. The van der Waals surface area contributed by atoms with Gasteiger partial charge in [-0.05, 0) is 62.2 Å². The van der Waals surface area contributed by atoms with Crippen molar-refractivity contribution >= 4 is 28.3 Å². The molecule has 1 N–H and O–H groups in total. The predicted molar refractivity (Wildman–Crippen MR) is 161 cm³/mol. The second-order valence-corrected chi connectivity index (χ2v) is 11.7. The second kappa shape index (κ2) is 11.5. The fraction of sp³-hybridized carbons (Fsp3) is 0.387. The van der Waals surface area contributed by atoms with Crippen LogP contribution in [0.3, 0.4) is 0 Å². The topological polar surface area (TPSA) is 96.3 Å². The zero-order valence-corrected chi connectivity index (χ0v) is 24.6. The molecule has 41 heavy (non-hydrogen) atoms. The molecule has 1 fully saturated rings. The van der Waals surface area contributed by atoms with E-state index in [9.17, 15) is 9.59 Å². The summed E-state index contributed by atoms with van der Waals surface area (Å²) in [5.41, 5.74) is 6.91. The normalized spacial score (nSPS) is 16.1. The number of anilines is 1. The van der Waals surface area contributed by atoms with E-state index in [0.29, 0.717) is 17.6 Å². The maximum Gasteiger partial charge on any atom is 0.227 e. The van der Waals surface area contributed by atoms with Crippen LogP contribution in [0.15, 0.2) is 48.8 Å². The summed E-state index contributed by atoms with van der Waals surface area (Å²) in [6, 6.07) is 12.5. The van der Waals surface area contributed by atoms with Crippen LogP contribution in [0.5, 0.6) is 0 Å². The van der Waals surface area contributed by atoms with Gasteiger partial charge in [0.25, 0.3) is 0 Å². The number of nitrogens with one attached hydrogen (secondary N) is 1. The molecule has 1 atom stereocenters. The van der Waals surface area contributed by atoms with Gasteiger partial charge in [-0.3, -0.25) is 19.5 Å². The van der Waals surface area contributed by atoms with Crippen molar-refractivity contribution in [3.05, 3.63) is 65.6 Å². The number of pyridine rings is 1. The third kappa shape index (κ3) is 5.41. The molecule has 9 nitrogen and oxygen atoms in total. The van der Waals surface area contributed by atoms with Crippen LogP contribution >= 0.6 is 11.3 Å². The van der Waals surface area contributed by atoms with E-state index in [0.717, 1.165) is 89.8 Å². The lowest BCUT2D eigenvalue weighted by Gasteiger charge is -2.26. The van der Waals surface area contributed by atoms with Crippen LogP contribution in [0.2, 0.25) is 0 Å². The Kier molecular flexibility index (Phi) is 7.68. The Hall–Kier alpha value is -3.89. The first-order valence-corrected chi connectivity index (χ1v) is 15.2. The number of benzene rings is 1. The Morgan fingerprint density at radius 3 is 2.63 bits per heavy atom. The number of carbonyl (C=O) groups is 2. The lowest BCUT2D eigenvalue weighted by atomic mass is 9.95. The minimum atomic E-state index is -0.136. The maximum absolute atomic E-state index is 13.1. The first kappa shape index (κ1) is 27.3. The number of hydrogen-bond donors (Lipinski definition) is 1. The molecule has 2 amide bonds. The summed E-state index contributed by atoms with van der Waals surface area (Å²) in [5.74, 6) is 0.0473. The molecule has 0 radical (unpaired) electrons. The summed E-state index contributed by atoms with van der Waals surface area (Å²) in [4.78, 5) is 39.4. The lowest BCUT2D eigenvalue weighted by Crippen LogP contribution is -2.39. The Morgan fingerprint density at radius 1 is 1.12 bits per heavy atom. The van der Waals surface area contributed by atoms with Gasteiger partial charge in [-0.2, -0.15) is 5.10 Å². The molecule has 0 bridgehead atoms. The number of aromatic nitrogens is 4. The summed E-state index contributed by atoms with van der Waals surface area (Å²) in [6.45, 7) is 9.53. The Morgan fingerprint density at radius 2 is 1.93 bits per heavy atom. The highest BCUT2D eigenvalue weighted by atomic mass is 32.1. The minimum Gasteiger partial charge on any atom is -0.341 e. The molecule has 1 unspecified atom stereocenters. The summed E-state index contributed by atoms with van der Waals surface area (Å²) < 4.78 is 1.98. The maximum atomic E-state index is 13.1. The van der Waals surface area contributed by atoms with Crippen LogP contribution in [0, 0.1) is 0 Å². The van der Waals surface area contributed by atoms with Gasteiger partial charge in [-0.15, -0.1) is 0 Å². The van der Waals surface area contributed by atoms with Crippen molar-refractivity contribution in [3.8, 4) is 27.5 Å². The van der Waals surface area contributed by atoms with Gasteiger partial charge in [0, 0.05) is 49.6 Å². The Balaban J connectivity index is 1.29. The highest BCUT2D eigenvalue weighted by Crippen LogP contribution is 2.44. The van der Waals surface area contributed by atoms with E-state index in [1.165, 1.54) is 18.3 Å². The smallest absolute Gasteiger partial charge is 0.227 e. The van der Waals surface area contributed by atoms with E-state index < -0.39 is 0 Å². The highest BCUT2D eigenvalue weighted by molar-refractivity contribution is 7.19. The van der Waals surface area contributed by atoms with Crippen LogP contribution < -0.4 is 5.32 Å². The quantitative estimate of drug-likeness (QED) is 0.333. The van der Waals surface area contributed by atoms with E-state index >= 15 is 0 Å². The van der Waals surface area contributed by atoms with Gasteiger partial charge in [0.1, 0.15) is 0 Å². The summed E-state index contributed by atoms with van der Waals surface area (Å²) >= 11 is 1.48. The summed E-state index contributed by atoms with van der Waals surface area (Å²) in [7, 11) is 0. The largest absolute Gasteiger partial charge is 0.341 e. The fourth-order valence-electron chi connectivity index (χ4n) is 6.04. The molecule has 1 aliphatic carbocycles. The van der Waals surface area contributed by atoms with Crippen LogP contribution in [0.4, 0.5) is 5.13 Å². The third-order valence-electron chi connectivity index (χ3n) is 8.11. The molecule has 6 rings (SSSR count). The van der Waals surface area contributed by atoms with E-state index in [1.807, 2.05) is 52.2 Å². The summed E-state index contributed by atoms with van der Waals surface area (Å²) in [6.07, 6.45) is 6.62. The molecule has 4 heterocycles. The third-order valence-corrected chi connectivity index (χ3v) is 9.13. The fourth-order valence-corrected chi connectivity index (χ4v) is 7.16. The van der Waals surface area contributed by atoms with Crippen molar-refractivity contribution in [3.63, 3.8) is 0 Å². The number of likely N-dealkylation sites (tertiary alicyclic amines) is 1. The summed E-state index contributed by atoms with van der Waals surface area (Å²) in [5, 5.41) is 8.53. The molecule has 0 saturated carbocycles. The zero-order chi connectivity index (χ0) is 28.5. The molecule has 1 saturated heterocycles. The lowest BCUT2D eigenvalue weighted by molar-refractivity contribution is -0.129. The van der Waals surface area contributed by atoms with Crippen LogP contribution in [0.1, 0.15) is 44.0 Å². The standard InChI is InChI=1S/C31H35N7O2S/c1-4-36(5-2)24-14-16-37(19-24)27(40)17-21-8-10-23(11-9-21)38-29-25(28(35-38)22-7-6-15-32-18-22)12-13-26-30(29)41-31(34-26)33-20(3)39/h6-11,15,18,24H,4-5,12-14,16-17,19H2,1-3H3,(H,33,34,39). The first-order valence-electron chi connectivity index (χ1n) is 14.4. The number of likely N-dealkylation sites (N-methyl/N-ethyl adjacent to an activating group) is 1. The van der Waals surface area contributed by atoms with Crippen molar-refractivity contribution in [1.82, 2.24) is 29.5 Å². The SMILES string of the molecule is CCN(CC)C1CCN(C(=O)Cc2ccc(-n3nc(-c4cccnc4)c4c3-c3sc(NC(C)=O)nc3CC4)cc2)C1. The van der Waals surface area contributed by atoms with E-state index in [4.69, 9.17) is 10.1 Å². The van der Waals surface area contributed by atoms with Crippen molar-refractivity contribution in [1.29, 1.82) is 0 Å². The molecule has 2 aliphatic rings. The van der Waals surface area contributed by atoms with Gasteiger partial charge >= 0.3 is 0 Å². The van der Waals surface area contributed by atoms with Crippen LogP contribution in [-0.4, -0.2) is 73.6 Å². The molecular weight excluding hydrogens is 534 g/mol. The van der Waals surface area contributed by atoms with E-state index in [1.54, 1.807) is 6.20 Å². The number of carbonyl (C=O) groups excluding carboxylic acids is 2. The second-order valence-electron chi connectivity index (χ2n) is 10.7. The monoisotopic (exact) mass is 569 g/mol. The van der Waals surface area contributed by atoms with Crippen molar-refractivity contribution in [2.45, 2.75) is 52.5 Å². The number of aryl methyl sites for hydroxylation is 1. The molecular formula is C31H35N7O2S. The number of rotatable bonds is 8. The first-order chi connectivity index (χ1) is 19.9. The number of amides is 2. The Labute approximate surface area is 244 Å². The minimum absolute atomic E-state index is 0.136. The predicted octanol–water partition coefficient (Wildman–Crippen LogP) is 4.60. The van der Waals surface area contributed by atoms with Gasteiger partial charge in [-0.25, -0.2) is 9.67 Å². The molecule has 4 aromatic rings. The number of thiazole rings is 1. The van der Waals surface area contributed by atoms with Crippen molar-refractivity contribution in [2.75, 3.05) is 31.5 Å². The zero-order valence-electron chi connectivity index (χ0n) is 23.8. The van der Waals surface area contributed by atoms with Gasteiger partial charge in [-0.1, -0.05) is 37.3 Å². The number of fused-ring (bicyclic) bond motifs is 3. The molecule has 212 valence electrons. The van der Waals surface area contributed by atoms with Crippen molar-refractivity contribution in [2.24, 2.45) is 0 Å². The van der Waals surface area contributed by atoms with E-state index in [-0.39, 0.29) is 11.8 Å². The molecule has 1 aromatic carbocycles. The van der Waals surface area contributed by atoms with E-state index in [2.05, 4.69) is 29.0 Å². The van der Waals surface area contributed by atoms with Gasteiger partial charge < -0.3 is 10.2 Å². The molecule has 10 heteroatoms. The molecule has 0 spiro atoms. The van der Waals surface area contributed by atoms with Crippen molar-refractivity contribution < 1.29 is 9.59 Å². The van der Waals surface area contributed by atoms with Gasteiger partial charge in [0.15, 0.2) is 5.13 Å². The average Bonchev–Trinajstić information content (AvgIpc) is 3.71. The average molecular weight is 570 g/mol. The van der Waals surface area contributed by atoms with Gasteiger partial charge in [0.05, 0.1) is 34.1 Å².